The molecule has 474 valence electrons. The van der Waals surface area contributed by atoms with Gasteiger partial charge in [0.05, 0.1) is 70.3 Å². The standard InChI is InChI=1S/C48H28N4S.C45H27N3S/c1-3-14-30(15-4-1)45-36-20-9-11-21-39(36)49-48(50-45)52-40-26-23-29-13-7-8-18-32(29)44(40)38-27-37-34-24-25-35-33-19-10-12-22-43(33)53-47(35)46(34)51(41(37)28-42(38)52)31-16-5-2-6-17-31;1-3-13-28(14-4-1)35-26-43(46-38-20-10-7-17-30(35)38)48-41-27-40-36(31-18-8-11-21-39(31)47(40)29-15-5-2-6-16-29)25-37(41)33-23-24-34-32-19-9-12-22-42(32)49-45(34)44(33)48/h1-28H;1-27H. The lowest BCUT2D eigenvalue weighted by Crippen LogP contribution is -2.03. The van der Waals surface area contributed by atoms with Crippen LogP contribution in [0, 0.1) is 0 Å². The van der Waals surface area contributed by atoms with Crippen LogP contribution in [0.25, 0.3) is 206 Å². The molecule has 0 unspecified atom stereocenters. The van der Waals surface area contributed by atoms with E-state index in [0.29, 0.717) is 5.95 Å². The van der Waals surface area contributed by atoms with Crippen LogP contribution in [0.15, 0.2) is 334 Å². The number of aromatic nitrogens is 7. The lowest BCUT2D eigenvalue weighted by Gasteiger charge is -2.13. The maximum atomic E-state index is 5.43. The summed E-state index contributed by atoms with van der Waals surface area (Å²) in [4.78, 5) is 16.1. The molecular formula is C93H55N7S2. The monoisotopic (exact) mass is 1330 g/mol. The van der Waals surface area contributed by atoms with Gasteiger partial charge in [-0.25, -0.2) is 15.0 Å². The highest BCUT2D eigenvalue weighted by Crippen LogP contribution is 2.49. The zero-order valence-corrected chi connectivity index (χ0v) is 56.3. The number of thiophene rings is 2. The summed E-state index contributed by atoms with van der Waals surface area (Å²) in [5.74, 6) is 1.58. The minimum Gasteiger partial charge on any atom is -0.309 e. The zero-order chi connectivity index (χ0) is 66.7. The normalized spacial score (nSPS) is 12.1. The van der Waals surface area contributed by atoms with Crippen LogP contribution in [-0.2, 0) is 0 Å². The quantitative estimate of drug-likeness (QED) is 0.167. The molecule has 0 aliphatic rings. The topological polar surface area (TPSA) is 58.4 Å². The van der Waals surface area contributed by atoms with Crippen molar-refractivity contribution >= 4 is 183 Å². The summed E-state index contributed by atoms with van der Waals surface area (Å²) in [7, 11) is 0. The van der Waals surface area contributed by atoms with Gasteiger partial charge < -0.3 is 9.13 Å². The van der Waals surface area contributed by atoms with Gasteiger partial charge in [0, 0.05) is 102 Å². The number of nitrogens with zero attached hydrogens (tertiary/aromatic N) is 7. The average Bonchev–Trinajstić information content (AvgIpc) is 1.54. The van der Waals surface area contributed by atoms with Crippen LogP contribution in [0.3, 0.4) is 0 Å². The van der Waals surface area contributed by atoms with Crippen LogP contribution < -0.4 is 0 Å². The Kier molecular flexibility index (Phi) is 12.4. The minimum atomic E-state index is 0.659. The zero-order valence-electron chi connectivity index (χ0n) is 54.7. The van der Waals surface area contributed by atoms with Crippen molar-refractivity contribution in [2.24, 2.45) is 0 Å². The Hall–Kier alpha value is -13.1. The Morgan fingerprint density at radius 1 is 0.245 bits per heavy atom. The maximum absolute atomic E-state index is 5.43. The Morgan fingerprint density at radius 3 is 1.38 bits per heavy atom. The highest BCUT2D eigenvalue weighted by molar-refractivity contribution is 7.27. The molecule has 0 radical (unpaired) electrons. The van der Waals surface area contributed by atoms with Gasteiger partial charge >= 0.3 is 0 Å². The number of rotatable bonds is 6. The summed E-state index contributed by atoms with van der Waals surface area (Å²) in [6.07, 6.45) is 0. The second-order valence-electron chi connectivity index (χ2n) is 26.5. The third kappa shape index (κ3) is 8.44. The first-order valence-electron chi connectivity index (χ1n) is 34.6. The van der Waals surface area contributed by atoms with Crippen molar-refractivity contribution in [3.63, 3.8) is 0 Å². The number of hydrogen-bond acceptors (Lipinski definition) is 5. The Morgan fingerprint density at radius 2 is 0.716 bits per heavy atom. The highest BCUT2D eigenvalue weighted by Gasteiger charge is 2.26. The van der Waals surface area contributed by atoms with Crippen molar-refractivity contribution < 1.29 is 0 Å². The molecule has 9 heteroatoms. The van der Waals surface area contributed by atoms with E-state index in [0.717, 1.165) is 72.3 Å². The third-order valence-electron chi connectivity index (χ3n) is 21.0. The van der Waals surface area contributed by atoms with Crippen molar-refractivity contribution in [3.8, 4) is 45.5 Å². The van der Waals surface area contributed by atoms with Gasteiger partial charge in [0.2, 0.25) is 5.95 Å². The van der Waals surface area contributed by atoms with E-state index in [1.54, 1.807) is 0 Å². The second-order valence-corrected chi connectivity index (χ2v) is 28.6. The van der Waals surface area contributed by atoms with Crippen molar-refractivity contribution in [1.29, 1.82) is 0 Å². The van der Waals surface area contributed by atoms with E-state index in [-0.39, 0.29) is 0 Å². The predicted octanol–water partition coefficient (Wildman–Crippen LogP) is 25.5. The summed E-state index contributed by atoms with van der Waals surface area (Å²) >= 11 is 3.76. The Labute approximate surface area is 591 Å². The van der Waals surface area contributed by atoms with E-state index in [2.05, 4.69) is 352 Å². The molecule has 0 fully saturated rings. The third-order valence-corrected chi connectivity index (χ3v) is 23.4. The van der Waals surface area contributed by atoms with Gasteiger partial charge in [-0.1, -0.05) is 243 Å². The number of fused-ring (bicyclic) bond motifs is 24. The average molecular weight is 1330 g/mol. The van der Waals surface area contributed by atoms with E-state index in [1.807, 2.05) is 22.7 Å². The number of hydrogen-bond donors (Lipinski definition) is 0. The maximum Gasteiger partial charge on any atom is 0.235 e. The summed E-state index contributed by atoms with van der Waals surface area (Å²) in [5.41, 5.74) is 17.8. The molecule has 0 N–H and O–H groups in total. The molecule has 23 aromatic rings. The van der Waals surface area contributed by atoms with Crippen LogP contribution in [0.1, 0.15) is 0 Å². The molecular weight excluding hydrogens is 1280 g/mol. The van der Waals surface area contributed by atoms with Gasteiger partial charge in [0.15, 0.2) is 0 Å². The van der Waals surface area contributed by atoms with E-state index in [1.165, 1.54) is 127 Å². The lowest BCUT2D eigenvalue weighted by molar-refractivity contribution is 1.01. The first-order valence-corrected chi connectivity index (χ1v) is 36.2. The molecule has 0 saturated carbocycles. The van der Waals surface area contributed by atoms with Crippen molar-refractivity contribution in [1.82, 2.24) is 33.2 Å². The van der Waals surface area contributed by atoms with Gasteiger partial charge in [-0.3, -0.25) is 9.13 Å². The molecule has 0 amide bonds. The SMILES string of the molecule is c1ccc(-c2cc(-n3c4cc5c(cc4c4ccc6c7ccccc7sc6c43)c3ccccc3n5-c3ccccc3)nc3ccccc23)cc1.c1ccc(-c2nc(-n3c4cc5c(cc4c4c6ccccc6ccc43)c3ccc4c6ccccc6sc4c3n5-c3ccccc3)nc3ccccc23)cc1. The first-order chi connectivity index (χ1) is 50.6. The minimum absolute atomic E-state index is 0.659. The van der Waals surface area contributed by atoms with Crippen LogP contribution in [0.4, 0.5) is 0 Å². The fourth-order valence-corrected chi connectivity index (χ4v) is 19.0. The molecule has 102 heavy (non-hydrogen) atoms. The van der Waals surface area contributed by atoms with Gasteiger partial charge in [-0.05, 0) is 113 Å². The highest BCUT2D eigenvalue weighted by atomic mass is 32.1. The van der Waals surface area contributed by atoms with Gasteiger partial charge in [-0.2, -0.15) is 0 Å². The van der Waals surface area contributed by atoms with Crippen LogP contribution in [0.5, 0.6) is 0 Å². The van der Waals surface area contributed by atoms with E-state index < -0.39 is 0 Å². The van der Waals surface area contributed by atoms with E-state index >= 15 is 0 Å². The Balaban J connectivity index is 0.000000129. The van der Waals surface area contributed by atoms with Crippen molar-refractivity contribution in [3.05, 3.63) is 334 Å². The van der Waals surface area contributed by atoms with Gasteiger partial charge in [0.1, 0.15) is 5.82 Å². The number of pyridine rings is 1. The molecule has 0 spiro atoms. The van der Waals surface area contributed by atoms with Crippen molar-refractivity contribution in [2.45, 2.75) is 0 Å². The number of para-hydroxylation sites is 5. The molecule has 7 nitrogen and oxygen atoms in total. The summed E-state index contributed by atoms with van der Waals surface area (Å²) in [6.45, 7) is 0. The van der Waals surface area contributed by atoms with E-state index in [4.69, 9.17) is 15.0 Å². The molecule has 0 aliphatic carbocycles. The fraction of sp³-hybridized carbons (Fsp3) is 0. The molecule has 8 heterocycles. The summed E-state index contributed by atoms with van der Waals surface area (Å²) in [6, 6.07) is 120. The molecule has 8 aromatic heterocycles. The van der Waals surface area contributed by atoms with Gasteiger partial charge in [-0.15, -0.1) is 22.7 Å². The van der Waals surface area contributed by atoms with Crippen LogP contribution in [0.2, 0.25) is 0 Å². The predicted molar refractivity (Wildman–Crippen MR) is 433 cm³/mol. The second kappa shape index (κ2) is 22.2. The fourth-order valence-electron chi connectivity index (χ4n) is 16.6. The van der Waals surface area contributed by atoms with Crippen LogP contribution >= 0.6 is 22.7 Å². The Bertz CT molecular complexity index is 7430. The van der Waals surface area contributed by atoms with E-state index in [9.17, 15) is 0 Å². The molecule has 0 atom stereocenters. The molecule has 0 aliphatic heterocycles. The first kappa shape index (κ1) is 56.9. The summed E-state index contributed by atoms with van der Waals surface area (Å²) in [5, 5.41) is 19.6. The summed E-state index contributed by atoms with van der Waals surface area (Å²) < 4.78 is 14.8. The lowest BCUT2D eigenvalue weighted by atomic mass is 10.0. The van der Waals surface area contributed by atoms with Crippen molar-refractivity contribution in [2.75, 3.05) is 0 Å². The molecule has 15 aromatic carbocycles. The molecule has 0 bridgehead atoms. The number of benzene rings is 15. The molecule has 23 rings (SSSR count). The molecule has 0 saturated heterocycles. The van der Waals surface area contributed by atoms with Crippen LogP contribution in [-0.4, -0.2) is 33.2 Å². The largest absolute Gasteiger partial charge is 0.309 e. The smallest absolute Gasteiger partial charge is 0.235 e. The van der Waals surface area contributed by atoms with Gasteiger partial charge in [0.25, 0.3) is 0 Å².